The van der Waals surface area contributed by atoms with Gasteiger partial charge in [-0.2, -0.15) is 0 Å². The van der Waals surface area contributed by atoms with Crippen LogP contribution in [0.1, 0.15) is 18.4 Å². The first-order valence-electron chi connectivity index (χ1n) is 10.2. The molecule has 1 heterocycles. The van der Waals surface area contributed by atoms with E-state index in [1.165, 1.54) is 7.11 Å². The normalized spacial score (nSPS) is 16.0. The number of rotatable bonds is 11. The summed E-state index contributed by atoms with van der Waals surface area (Å²) in [6.45, 7) is 4.85. The number of nitrogens with zero attached hydrogens (tertiary/aromatic N) is 2. The van der Waals surface area contributed by atoms with Crippen LogP contribution in [0.5, 0.6) is 0 Å². The van der Waals surface area contributed by atoms with Gasteiger partial charge in [0.25, 0.3) is 0 Å². The summed E-state index contributed by atoms with van der Waals surface area (Å²) in [5.41, 5.74) is 0.863. The summed E-state index contributed by atoms with van der Waals surface area (Å²) in [7, 11) is 1.45. The molecule has 178 valence electrons. The molecule has 31 heavy (non-hydrogen) atoms. The number of likely N-dealkylation sites (tertiary alicyclic amines) is 1. The molecule has 0 bridgehead atoms. The zero-order chi connectivity index (χ0) is 21.8. The lowest BCUT2D eigenvalue weighted by atomic mass is 10.1. The highest BCUT2D eigenvalue weighted by atomic mass is 127. The minimum absolute atomic E-state index is 0. The number of nitrogens with one attached hydrogen (secondary N) is 3. The molecule has 0 radical (unpaired) electrons. The minimum Gasteiger partial charge on any atom is -0.383 e. The van der Waals surface area contributed by atoms with Crippen LogP contribution < -0.4 is 15.4 Å². The van der Waals surface area contributed by atoms with Gasteiger partial charge >= 0.3 is 0 Å². The summed E-state index contributed by atoms with van der Waals surface area (Å²) in [5.74, 6) is 0.719. The van der Waals surface area contributed by atoms with Crippen LogP contribution in [-0.2, 0) is 26.0 Å². The molecule has 1 fully saturated rings. The molecule has 1 aliphatic rings. The van der Waals surface area contributed by atoms with Crippen LogP contribution in [0.3, 0.4) is 0 Å². The van der Waals surface area contributed by atoms with Crippen molar-refractivity contribution in [1.29, 1.82) is 0 Å². The second-order valence-corrected chi connectivity index (χ2v) is 8.98. The topological polar surface area (TPSA) is 104 Å². The van der Waals surface area contributed by atoms with E-state index in [9.17, 15) is 8.42 Å². The van der Waals surface area contributed by atoms with E-state index < -0.39 is 10.0 Å². The molecule has 0 saturated carbocycles. The summed E-state index contributed by atoms with van der Waals surface area (Å²) in [6.07, 6.45) is 2.09. The number of hydrogen-bond acceptors (Lipinski definition) is 6. The van der Waals surface area contributed by atoms with Gasteiger partial charge in [0.1, 0.15) is 0 Å². The highest BCUT2D eigenvalue weighted by molar-refractivity contribution is 14.0. The van der Waals surface area contributed by atoms with Gasteiger partial charge in [-0.15, -0.1) is 24.0 Å². The fourth-order valence-corrected chi connectivity index (χ4v) is 4.36. The summed E-state index contributed by atoms with van der Waals surface area (Å²) >= 11 is 0. The van der Waals surface area contributed by atoms with E-state index in [1.807, 2.05) is 6.07 Å². The third-order valence-corrected chi connectivity index (χ3v) is 6.49. The first kappa shape index (κ1) is 28.0. The van der Waals surface area contributed by atoms with E-state index in [0.717, 1.165) is 50.6 Å². The smallest absolute Gasteiger partial charge is 0.240 e. The predicted molar refractivity (Wildman–Crippen MR) is 134 cm³/mol. The van der Waals surface area contributed by atoms with Gasteiger partial charge in [-0.25, -0.2) is 13.1 Å². The molecule has 11 heteroatoms. The average Bonchev–Trinajstić information content (AvgIpc) is 2.76. The van der Waals surface area contributed by atoms with Gasteiger partial charge in [-0.1, -0.05) is 12.1 Å². The lowest BCUT2D eigenvalue weighted by Crippen LogP contribution is -2.48. The second-order valence-electron chi connectivity index (χ2n) is 7.22. The molecule has 1 aliphatic heterocycles. The summed E-state index contributed by atoms with van der Waals surface area (Å²) in [4.78, 5) is 6.95. The van der Waals surface area contributed by atoms with Crippen molar-refractivity contribution >= 4 is 40.0 Å². The van der Waals surface area contributed by atoms with Crippen LogP contribution >= 0.6 is 24.0 Å². The van der Waals surface area contributed by atoms with E-state index in [0.29, 0.717) is 19.2 Å². The Labute approximate surface area is 203 Å². The standard InChI is InChI=1S/C20H35N5O4S.HI/c1-21-20(24-18-7-10-25(11-8-18)12-14-29-3)22-16-17-5-4-6-19(15-17)30(26,27)23-9-13-28-2;/h4-6,15,18,23H,7-14,16H2,1-3H3,(H2,21,22,24);1H. The van der Waals surface area contributed by atoms with Crippen molar-refractivity contribution in [2.24, 2.45) is 4.99 Å². The highest BCUT2D eigenvalue weighted by Crippen LogP contribution is 2.12. The molecular weight excluding hydrogens is 533 g/mol. The lowest BCUT2D eigenvalue weighted by Gasteiger charge is -2.32. The molecular formula is C20H36IN5O4S. The number of ether oxygens (including phenoxy) is 2. The Balaban J connectivity index is 0.00000480. The molecule has 3 N–H and O–H groups in total. The molecule has 0 aliphatic carbocycles. The number of sulfonamides is 1. The van der Waals surface area contributed by atoms with Crippen molar-refractivity contribution in [2.45, 2.75) is 30.3 Å². The third kappa shape index (κ3) is 10.00. The fraction of sp³-hybridized carbons (Fsp3) is 0.650. The van der Waals surface area contributed by atoms with E-state index in [-0.39, 0.29) is 35.4 Å². The van der Waals surface area contributed by atoms with E-state index in [1.54, 1.807) is 32.4 Å². The maximum Gasteiger partial charge on any atom is 0.240 e. The Morgan fingerprint density at radius 3 is 2.55 bits per heavy atom. The van der Waals surface area contributed by atoms with E-state index >= 15 is 0 Å². The van der Waals surface area contributed by atoms with Crippen molar-refractivity contribution in [3.63, 3.8) is 0 Å². The van der Waals surface area contributed by atoms with Crippen LogP contribution in [0.15, 0.2) is 34.2 Å². The Morgan fingerprint density at radius 2 is 1.90 bits per heavy atom. The number of guanidine groups is 1. The summed E-state index contributed by atoms with van der Waals surface area (Å²) < 4.78 is 37.3. The Morgan fingerprint density at radius 1 is 1.19 bits per heavy atom. The number of methoxy groups -OCH3 is 2. The zero-order valence-corrected chi connectivity index (χ0v) is 21.7. The Hall–Kier alpha value is -0.990. The van der Waals surface area contributed by atoms with Crippen molar-refractivity contribution in [3.8, 4) is 0 Å². The second kappa shape index (κ2) is 15.0. The molecule has 0 amide bonds. The Bertz CT molecular complexity index is 771. The summed E-state index contributed by atoms with van der Waals surface area (Å²) in [6, 6.07) is 7.26. The molecule has 0 aromatic heterocycles. The van der Waals surface area contributed by atoms with Crippen molar-refractivity contribution in [2.75, 3.05) is 60.7 Å². The number of hydrogen-bond donors (Lipinski definition) is 3. The van der Waals surface area contributed by atoms with Crippen molar-refractivity contribution < 1.29 is 17.9 Å². The van der Waals surface area contributed by atoms with Gasteiger partial charge in [-0.3, -0.25) is 4.99 Å². The molecule has 9 nitrogen and oxygen atoms in total. The van der Waals surface area contributed by atoms with E-state index in [2.05, 4.69) is 25.2 Å². The monoisotopic (exact) mass is 569 g/mol. The zero-order valence-electron chi connectivity index (χ0n) is 18.6. The van der Waals surface area contributed by atoms with Crippen LogP contribution in [-0.4, -0.2) is 86.0 Å². The fourth-order valence-electron chi connectivity index (χ4n) is 3.28. The lowest BCUT2D eigenvalue weighted by molar-refractivity contribution is 0.128. The van der Waals surface area contributed by atoms with Crippen LogP contribution in [0.4, 0.5) is 0 Å². The van der Waals surface area contributed by atoms with Gasteiger partial charge in [0.05, 0.1) is 18.1 Å². The van der Waals surface area contributed by atoms with Crippen molar-refractivity contribution in [3.05, 3.63) is 29.8 Å². The maximum absolute atomic E-state index is 12.4. The van der Waals surface area contributed by atoms with Gasteiger partial charge in [0, 0.05) is 60.0 Å². The largest absolute Gasteiger partial charge is 0.383 e. The molecule has 2 rings (SSSR count). The number of aliphatic imine (C=N–C) groups is 1. The quantitative estimate of drug-likeness (QED) is 0.158. The molecule has 1 aromatic carbocycles. The molecule has 1 saturated heterocycles. The predicted octanol–water partition coefficient (Wildman–Crippen LogP) is 1.01. The molecule has 0 atom stereocenters. The molecule has 0 spiro atoms. The number of benzene rings is 1. The number of halogens is 1. The molecule has 0 unspecified atom stereocenters. The van der Waals surface area contributed by atoms with Gasteiger partial charge in [-0.05, 0) is 30.5 Å². The van der Waals surface area contributed by atoms with Crippen LogP contribution in [0.2, 0.25) is 0 Å². The first-order chi connectivity index (χ1) is 14.5. The maximum atomic E-state index is 12.4. The highest BCUT2D eigenvalue weighted by Gasteiger charge is 2.19. The summed E-state index contributed by atoms with van der Waals surface area (Å²) in [5, 5.41) is 6.75. The Kier molecular flexibility index (Phi) is 13.5. The van der Waals surface area contributed by atoms with Crippen LogP contribution in [0, 0.1) is 0 Å². The SMILES string of the molecule is CN=C(NCc1cccc(S(=O)(=O)NCCOC)c1)NC1CCN(CCOC)CC1.I. The van der Waals surface area contributed by atoms with Crippen molar-refractivity contribution in [1.82, 2.24) is 20.3 Å². The van der Waals surface area contributed by atoms with E-state index in [4.69, 9.17) is 9.47 Å². The third-order valence-electron chi connectivity index (χ3n) is 5.03. The van der Waals surface area contributed by atoms with Gasteiger partial charge < -0.3 is 25.0 Å². The number of piperidine rings is 1. The van der Waals surface area contributed by atoms with Gasteiger partial charge in [0.2, 0.25) is 10.0 Å². The average molecular weight is 570 g/mol. The minimum atomic E-state index is -3.55. The molecule has 1 aromatic rings. The van der Waals surface area contributed by atoms with Gasteiger partial charge in [0.15, 0.2) is 5.96 Å². The first-order valence-corrected chi connectivity index (χ1v) is 11.7. The van der Waals surface area contributed by atoms with Crippen LogP contribution in [0.25, 0.3) is 0 Å².